The van der Waals surface area contributed by atoms with Crippen LogP contribution < -0.4 is 0 Å². The number of esters is 1. The fourth-order valence-corrected chi connectivity index (χ4v) is 4.89. The van der Waals surface area contributed by atoms with Crippen LogP contribution in [0, 0.1) is 0 Å². The summed E-state index contributed by atoms with van der Waals surface area (Å²) < 4.78 is 4.84. The van der Waals surface area contributed by atoms with Gasteiger partial charge in [0.15, 0.2) is 5.88 Å². The first-order chi connectivity index (χ1) is 17.6. The molecule has 6 nitrogen and oxygen atoms in total. The lowest BCUT2D eigenvalue weighted by Crippen LogP contribution is -2.23. The zero-order valence-corrected chi connectivity index (χ0v) is 20.5. The number of nitrogens with one attached hydrogen (secondary N) is 1. The average molecular weight is 482 g/mol. The largest absolute Gasteiger partial charge is 0.494 e. The zero-order valence-electron chi connectivity index (χ0n) is 20.5. The zero-order chi connectivity index (χ0) is 24.9. The van der Waals surface area contributed by atoms with Crippen molar-refractivity contribution < 1.29 is 14.6 Å². The van der Waals surface area contributed by atoms with Crippen LogP contribution in [0.3, 0.4) is 0 Å². The number of hydrogen-bond donors (Lipinski definition) is 2. The fraction of sp³-hybridized carbons (Fsp3) is 0.267. The molecule has 2 N–H and O–H groups in total. The number of carbonyl (C=O) groups excluding carboxylic acids is 1. The first-order valence-corrected chi connectivity index (χ1v) is 12.5. The number of fused-ring (bicyclic) bond motifs is 1. The lowest BCUT2D eigenvalue weighted by atomic mass is 10.00. The van der Waals surface area contributed by atoms with Gasteiger partial charge in [-0.05, 0) is 55.8 Å². The lowest BCUT2D eigenvalue weighted by molar-refractivity contribution is 0.0601. The van der Waals surface area contributed by atoms with Crippen molar-refractivity contribution in [2.24, 2.45) is 4.99 Å². The van der Waals surface area contributed by atoms with E-state index in [0.29, 0.717) is 22.4 Å². The highest BCUT2D eigenvalue weighted by Gasteiger charge is 2.20. The van der Waals surface area contributed by atoms with Crippen LogP contribution >= 0.6 is 0 Å². The predicted octanol–water partition coefficient (Wildman–Crippen LogP) is 6.21. The second kappa shape index (κ2) is 10.8. The molecule has 1 aliphatic rings. The third kappa shape index (κ3) is 5.19. The number of aromatic nitrogens is 1. The summed E-state index contributed by atoms with van der Waals surface area (Å²) in [6.07, 6.45) is 5.21. The molecule has 1 saturated heterocycles. The minimum atomic E-state index is -0.426. The third-order valence-corrected chi connectivity index (χ3v) is 6.77. The maximum absolute atomic E-state index is 12.0. The number of aromatic hydroxyl groups is 1. The average Bonchev–Trinajstić information content (AvgIpc) is 3.05. The Kier molecular flexibility index (Phi) is 7.14. The molecule has 1 aromatic heterocycles. The highest BCUT2D eigenvalue weighted by molar-refractivity contribution is 6.22. The first-order valence-electron chi connectivity index (χ1n) is 12.5. The summed E-state index contributed by atoms with van der Waals surface area (Å²) in [6.45, 7) is 3.28. The molecular formula is C30H31N3O3. The molecular weight excluding hydrogens is 450 g/mol. The summed E-state index contributed by atoms with van der Waals surface area (Å²) in [4.78, 5) is 22.5. The molecule has 5 rings (SSSR count). The van der Waals surface area contributed by atoms with E-state index < -0.39 is 5.97 Å². The van der Waals surface area contributed by atoms with Crippen molar-refractivity contribution in [2.75, 3.05) is 20.2 Å². The van der Waals surface area contributed by atoms with E-state index in [-0.39, 0.29) is 5.88 Å². The molecule has 0 amide bonds. The molecule has 0 aliphatic carbocycles. The number of aromatic amines is 1. The van der Waals surface area contributed by atoms with Gasteiger partial charge in [-0.2, -0.15) is 0 Å². The van der Waals surface area contributed by atoms with Gasteiger partial charge in [0.1, 0.15) is 0 Å². The standard InChI is InChI=1S/C30H31N3O3/c1-36-30(35)23-13-16-25-26(19-23)32-29(34)27(25)28(22-9-5-4-6-10-22)31-24-14-11-21(12-15-24)20-33-17-7-2-3-8-18-33/h4-6,9-16,19,32,34H,2-3,7-8,17-18,20H2,1H3. The Morgan fingerprint density at radius 2 is 1.67 bits per heavy atom. The Hall–Kier alpha value is -3.90. The van der Waals surface area contributed by atoms with Gasteiger partial charge in [-0.1, -0.05) is 61.4 Å². The fourth-order valence-electron chi connectivity index (χ4n) is 4.89. The van der Waals surface area contributed by atoms with Gasteiger partial charge in [-0.15, -0.1) is 0 Å². The molecule has 0 radical (unpaired) electrons. The van der Waals surface area contributed by atoms with Gasteiger partial charge in [0.25, 0.3) is 0 Å². The Balaban J connectivity index is 1.51. The van der Waals surface area contributed by atoms with Crippen LogP contribution in [0.1, 0.15) is 52.7 Å². The number of aliphatic imine (C=N–C) groups is 1. The summed E-state index contributed by atoms with van der Waals surface area (Å²) in [7, 11) is 1.35. The number of carbonyl (C=O) groups is 1. The van der Waals surface area contributed by atoms with Crippen LogP contribution in [0.15, 0.2) is 77.8 Å². The van der Waals surface area contributed by atoms with E-state index in [1.807, 2.05) is 48.5 Å². The number of rotatable bonds is 6. The predicted molar refractivity (Wildman–Crippen MR) is 143 cm³/mol. The van der Waals surface area contributed by atoms with Crippen molar-refractivity contribution in [1.82, 2.24) is 9.88 Å². The minimum Gasteiger partial charge on any atom is -0.494 e. The smallest absolute Gasteiger partial charge is 0.337 e. The highest BCUT2D eigenvalue weighted by atomic mass is 16.5. The molecule has 36 heavy (non-hydrogen) atoms. The Morgan fingerprint density at radius 1 is 0.944 bits per heavy atom. The van der Waals surface area contributed by atoms with E-state index in [9.17, 15) is 9.90 Å². The maximum atomic E-state index is 12.0. The van der Waals surface area contributed by atoms with Gasteiger partial charge in [0, 0.05) is 23.0 Å². The summed E-state index contributed by atoms with van der Waals surface area (Å²) in [5, 5.41) is 11.7. The SMILES string of the molecule is COC(=O)c1ccc2c(C(=Nc3ccc(CN4CCCCCC4)cc3)c3ccccc3)c(O)[nH]c2c1. The van der Waals surface area contributed by atoms with Crippen molar-refractivity contribution in [1.29, 1.82) is 0 Å². The van der Waals surface area contributed by atoms with Crippen LogP contribution in [-0.4, -0.2) is 46.9 Å². The highest BCUT2D eigenvalue weighted by Crippen LogP contribution is 2.32. The van der Waals surface area contributed by atoms with E-state index in [1.165, 1.54) is 38.4 Å². The molecule has 184 valence electrons. The normalized spacial score (nSPS) is 15.1. The van der Waals surface area contributed by atoms with Gasteiger partial charge in [0.2, 0.25) is 0 Å². The van der Waals surface area contributed by atoms with Crippen LogP contribution in [0.2, 0.25) is 0 Å². The number of methoxy groups -OCH3 is 1. The lowest BCUT2D eigenvalue weighted by Gasteiger charge is -2.19. The van der Waals surface area contributed by atoms with Gasteiger partial charge in [0.05, 0.1) is 29.6 Å². The van der Waals surface area contributed by atoms with Crippen molar-refractivity contribution in [3.05, 3.63) is 95.1 Å². The van der Waals surface area contributed by atoms with Crippen LogP contribution in [0.4, 0.5) is 5.69 Å². The molecule has 0 unspecified atom stereocenters. The molecule has 0 bridgehead atoms. The van der Waals surface area contributed by atoms with Crippen molar-refractivity contribution in [3.8, 4) is 5.88 Å². The maximum Gasteiger partial charge on any atom is 0.337 e. The van der Waals surface area contributed by atoms with Gasteiger partial charge in [-0.3, -0.25) is 4.90 Å². The number of benzene rings is 3. The second-order valence-corrected chi connectivity index (χ2v) is 9.28. The second-order valence-electron chi connectivity index (χ2n) is 9.28. The first kappa shape index (κ1) is 23.8. The minimum absolute atomic E-state index is 0.00685. The van der Waals surface area contributed by atoms with Crippen LogP contribution in [-0.2, 0) is 11.3 Å². The Labute approximate surface area is 211 Å². The van der Waals surface area contributed by atoms with Crippen LogP contribution in [0.25, 0.3) is 10.9 Å². The topological polar surface area (TPSA) is 77.9 Å². The number of hydrogen-bond acceptors (Lipinski definition) is 5. The number of H-pyrrole nitrogens is 1. The van der Waals surface area contributed by atoms with Crippen LogP contribution in [0.5, 0.6) is 5.88 Å². The Morgan fingerprint density at radius 3 is 2.36 bits per heavy atom. The van der Waals surface area contributed by atoms with E-state index in [1.54, 1.807) is 12.1 Å². The molecule has 1 aliphatic heterocycles. The molecule has 0 saturated carbocycles. The quantitative estimate of drug-likeness (QED) is 0.254. The molecule has 6 heteroatoms. The monoisotopic (exact) mass is 481 g/mol. The number of likely N-dealkylation sites (tertiary alicyclic amines) is 1. The molecule has 4 aromatic rings. The molecule has 1 fully saturated rings. The Bertz CT molecular complexity index is 1370. The van der Waals surface area contributed by atoms with E-state index in [0.717, 1.165) is 36.3 Å². The van der Waals surface area contributed by atoms with Crippen molar-refractivity contribution in [2.45, 2.75) is 32.2 Å². The third-order valence-electron chi connectivity index (χ3n) is 6.77. The molecule has 3 aromatic carbocycles. The molecule has 0 atom stereocenters. The molecule has 2 heterocycles. The summed E-state index contributed by atoms with van der Waals surface area (Å²) in [5.74, 6) is -0.419. The van der Waals surface area contributed by atoms with Crippen molar-refractivity contribution >= 4 is 28.3 Å². The van der Waals surface area contributed by atoms with Gasteiger partial charge in [-0.25, -0.2) is 9.79 Å². The number of ether oxygens (including phenoxy) is 1. The van der Waals surface area contributed by atoms with E-state index in [4.69, 9.17) is 9.73 Å². The van der Waals surface area contributed by atoms with E-state index in [2.05, 4.69) is 22.0 Å². The van der Waals surface area contributed by atoms with Gasteiger partial charge >= 0.3 is 5.97 Å². The summed E-state index contributed by atoms with van der Waals surface area (Å²) in [6, 6.07) is 23.4. The van der Waals surface area contributed by atoms with E-state index >= 15 is 0 Å². The molecule has 0 spiro atoms. The summed E-state index contributed by atoms with van der Waals surface area (Å²) in [5.41, 5.74) is 5.29. The van der Waals surface area contributed by atoms with Gasteiger partial charge < -0.3 is 14.8 Å². The summed E-state index contributed by atoms with van der Waals surface area (Å²) >= 11 is 0. The van der Waals surface area contributed by atoms with Crippen molar-refractivity contribution in [3.63, 3.8) is 0 Å². The number of nitrogens with zero attached hydrogens (tertiary/aromatic N) is 2.